The molecular weight excluding hydrogens is 157 g/mol. The molecule has 1 rings (SSSR count). The van der Waals surface area contributed by atoms with Crippen LogP contribution in [0.1, 0.15) is 0 Å². The lowest BCUT2D eigenvalue weighted by Crippen LogP contribution is -2.20. The average Bonchev–Trinajstić information content (AvgIpc) is 1.85. The third-order valence-electron chi connectivity index (χ3n) is 0.966. The minimum absolute atomic E-state index is 0.00694. The normalized spacial score (nSPS) is 11.2. The van der Waals surface area contributed by atoms with Crippen LogP contribution in [0.4, 0.5) is 18.9 Å². The molecule has 0 fully saturated rings. The predicted octanol–water partition coefficient (Wildman–Crippen LogP) is 2.01. The van der Waals surface area contributed by atoms with E-state index in [1.807, 2.05) is 0 Å². The highest BCUT2D eigenvalue weighted by Gasteiger charge is 2.26. The van der Waals surface area contributed by atoms with Crippen molar-refractivity contribution in [1.82, 2.24) is 4.98 Å². The molecule has 11 heavy (non-hydrogen) atoms. The molecule has 0 aliphatic heterocycles. The minimum Gasteiger partial charge on any atom is -0.297 e. The van der Waals surface area contributed by atoms with E-state index in [4.69, 9.17) is 0 Å². The van der Waals surface area contributed by atoms with Crippen molar-refractivity contribution in [2.24, 2.45) is 0 Å². The van der Waals surface area contributed by atoms with Crippen molar-refractivity contribution in [3.8, 4) is 0 Å². The first-order valence-electron chi connectivity index (χ1n) is 2.83. The van der Waals surface area contributed by atoms with Crippen molar-refractivity contribution in [2.75, 3.05) is 5.32 Å². The lowest BCUT2D eigenvalue weighted by atomic mass is 10.4. The number of hydrogen-bond acceptors (Lipinski definition) is 2. The first-order chi connectivity index (χ1) is 5.08. The Hall–Kier alpha value is -1.26. The number of nitrogens with one attached hydrogen (secondary N) is 1. The van der Waals surface area contributed by atoms with Crippen LogP contribution >= 0.6 is 0 Å². The number of alkyl halides is 3. The topological polar surface area (TPSA) is 24.9 Å². The maximum absolute atomic E-state index is 11.6. The molecule has 2 nitrogen and oxygen atoms in total. The van der Waals surface area contributed by atoms with Crippen molar-refractivity contribution in [2.45, 2.75) is 6.30 Å². The van der Waals surface area contributed by atoms with Crippen LogP contribution in [0.2, 0.25) is 0 Å². The molecule has 60 valence electrons. The molecule has 1 aromatic heterocycles. The lowest BCUT2D eigenvalue weighted by molar-refractivity contribution is -0.0999. The standard InChI is InChI=1S/C6H5F3N2/c7-6(8,9)11-5-1-3-10-4-2-5/h1-4H,(H,10,11). The highest BCUT2D eigenvalue weighted by atomic mass is 19.4. The van der Waals surface area contributed by atoms with Gasteiger partial charge in [-0.2, -0.15) is 13.2 Å². The van der Waals surface area contributed by atoms with Gasteiger partial charge >= 0.3 is 6.30 Å². The van der Waals surface area contributed by atoms with E-state index in [9.17, 15) is 13.2 Å². The largest absolute Gasteiger partial charge is 0.482 e. The molecule has 0 atom stereocenters. The van der Waals surface area contributed by atoms with Gasteiger partial charge < -0.3 is 0 Å². The van der Waals surface area contributed by atoms with Crippen LogP contribution in [0.5, 0.6) is 0 Å². The third-order valence-corrected chi connectivity index (χ3v) is 0.966. The number of nitrogens with zero attached hydrogens (tertiary/aromatic N) is 1. The summed E-state index contributed by atoms with van der Waals surface area (Å²) in [5.74, 6) is 0. The summed E-state index contributed by atoms with van der Waals surface area (Å²) in [5, 5.41) is 1.34. The zero-order valence-corrected chi connectivity index (χ0v) is 5.39. The Morgan fingerprint density at radius 2 is 1.73 bits per heavy atom. The first kappa shape index (κ1) is 7.84. The molecule has 0 saturated carbocycles. The maximum atomic E-state index is 11.6. The van der Waals surface area contributed by atoms with Crippen LogP contribution in [0.3, 0.4) is 0 Å². The molecule has 1 N–H and O–H groups in total. The summed E-state index contributed by atoms with van der Waals surface area (Å²) in [5.41, 5.74) is -0.00694. The predicted molar refractivity (Wildman–Crippen MR) is 33.9 cm³/mol. The van der Waals surface area contributed by atoms with E-state index in [-0.39, 0.29) is 5.69 Å². The Bertz CT molecular complexity index is 219. The van der Waals surface area contributed by atoms with Gasteiger partial charge in [-0.25, -0.2) is 0 Å². The van der Waals surface area contributed by atoms with E-state index in [0.29, 0.717) is 0 Å². The van der Waals surface area contributed by atoms with Crippen LogP contribution in [0, 0.1) is 0 Å². The quantitative estimate of drug-likeness (QED) is 0.639. The number of anilines is 1. The van der Waals surface area contributed by atoms with E-state index in [1.165, 1.54) is 29.8 Å². The summed E-state index contributed by atoms with van der Waals surface area (Å²) >= 11 is 0. The van der Waals surface area contributed by atoms with E-state index >= 15 is 0 Å². The molecule has 0 aliphatic rings. The molecule has 0 spiro atoms. The average molecular weight is 162 g/mol. The van der Waals surface area contributed by atoms with Gasteiger partial charge in [-0.3, -0.25) is 10.3 Å². The Morgan fingerprint density at radius 1 is 1.18 bits per heavy atom. The summed E-state index contributed by atoms with van der Waals surface area (Å²) in [7, 11) is 0. The van der Waals surface area contributed by atoms with Gasteiger partial charge in [-0.15, -0.1) is 0 Å². The fourth-order valence-electron chi connectivity index (χ4n) is 0.599. The highest BCUT2D eigenvalue weighted by Crippen LogP contribution is 2.18. The van der Waals surface area contributed by atoms with Gasteiger partial charge in [-0.1, -0.05) is 0 Å². The fourth-order valence-corrected chi connectivity index (χ4v) is 0.599. The number of pyridine rings is 1. The van der Waals surface area contributed by atoms with Crippen LogP contribution in [0.15, 0.2) is 24.5 Å². The van der Waals surface area contributed by atoms with Gasteiger partial charge in [0.1, 0.15) is 0 Å². The first-order valence-corrected chi connectivity index (χ1v) is 2.83. The molecule has 1 heterocycles. The van der Waals surface area contributed by atoms with E-state index in [0.717, 1.165) is 0 Å². The van der Waals surface area contributed by atoms with Crippen molar-refractivity contribution in [1.29, 1.82) is 0 Å². The third kappa shape index (κ3) is 2.88. The Balaban J connectivity index is 2.66. The molecule has 5 heteroatoms. The van der Waals surface area contributed by atoms with E-state index in [2.05, 4.69) is 4.98 Å². The van der Waals surface area contributed by atoms with Crippen molar-refractivity contribution >= 4 is 5.69 Å². The van der Waals surface area contributed by atoms with E-state index < -0.39 is 6.30 Å². The van der Waals surface area contributed by atoms with Crippen molar-refractivity contribution in [3.05, 3.63) is 24.5 Å². The molecule has 0 amide bonds. The summed E-state index contributed by atoms with van der Waals surface area (Å²) in [6, 6.07) is 2.49. The zero-order chi connectivity index (χ0) is 8.32. The summed E-state index contributed by atoms with van der Waals surface area (Å²) in [6.07, 6.45) is -1.80. The SMILES string of the molecule is FC(F)(F)Nc1ccncc1. The number of aromatic nitrogens is 1. The van der Waals surface area contributed by atoms with Gasteiger partial charge in [0.05, 0.1) is 0 Å². The molecule has 0 unspecified atom stereocenters. The second-order valence-corrected chi connectivity index (χ2v) is 1.86. The van der Waals surface area contributed by atoms with Gasteiger partial charge in [0.15, 0.2) is 0 Å². The van der Waals surface area contributed by atoms with Gasteiger partial charge in [-0.05, 0) is 12.1 Å². The van der Waals surface area contributed by atoms with Gasteiger partial charge in [0.25, 0.3) is 0 Å². The molecular formula is C6H5F3N2. The highest BCUT2D eigenvalue weighted by molar-refractivity contribution is 5.41. The summed E-state index contributed by atoms with van der Waals surface area (Å²) in [6.45, 7) is 0. The Labute approximate surface area is 61.1 Å². The molecule has 0 radical (unpaired) electrons. The molecule has 0 aromatic carbocycles. The number of hydrogen-bond donors (Lipinski definition) is 1. The molecule has 0 aliphatic carbocycles. The van der Waals surface area contributed by atoms with Crippen molar-refractivity contribution in [3.63, 3.8) is 0 Å². The minimum atomic E-state index is -4.37. The Morgan fingerprint density at radius 3 is 2.18 bits per heavy atom. The molecule has 0 bridgehead atoms. The fraction of sp³-hybridized carbons (Fsp3) is 0.167. The number of rotatable bonds is 1. The maximum Gasteiger partial charge on any atom is 0.482 e. The summed E-state index contributed by atoms with van der Waals surface area (Å²) in [4.78, 5) is 3.57. The Kier molecular flexibility index (Phi) is 1.98. The molecule has 0 saturated heterocycles. The van der Waals surface area contributed by atoms with Crippen LogP contribution in [-0.2, 0) is 0 Å². The number of halogens is 3. The van der Waals surface area contributed by atoms with Crippen LogP contribution < -0.4 is 5.32 Å². The second-order valence-electron chi connectivity index (χ2n) is 1.86. The second kappa shape index (κ2) is 2.77. The monoisotopic (exact) mass is 162 g/mol. The van der Waals surface area contributed by atoms with Gasteiger partial charge in [0, 0.05) is 18.1 Å². The van der Waals surface area contributed by atoms with Crippen LogP contribution in [-0.4, -0.2) is 11.3 Å². The lowest BCUT2D eigenvalue weighted by Gasteiger charge is -2.08. The van der Waals surface area contributed by atoms with Gasteiger partial charge in [0.2, 0.25) is 0 Å². The van der Waals surface area contributed by atoms with Crippen molar-refractivity contribution < 1.29 is 13.2 Å². The summed E-state index contributed by atoms with van der Waals surface area (Å²) < 4.78 is 34.8. The van der Waals surface area contributed by atoms with Crippen LogP contribution in [0.25, 0.3) is 0 Å². The van der Waals surface area contributed by atoms with E-state index in [1.54, 1.807) is 0 Å². The molecule has 1 aromatic rings. The zero-order valence-electron chi connectivity index (χ0n) is 5.39. The smallest absolute Gasteiger partial charge is 0.297 e.